The number of aromatic nitrogens is 3. The van der Waals surface area contributed by atoms with E-state index >= 15 is 0 Å². The molecule has 0 spiro atoms. The summed E-state index contributed by atoms with van der Waals surface area (Å²) in [6, 6.07) is 0. The number of likely N-dealkylation sites (tertiary alicyclic amines) is 1. The lowest BCUT2D eigenvalue weighted by atomic mass is 9.81. The van der Waals surface area contributed by atoms with Gasteiger partial charge in [0.1, 0.15) is 0 Å². The van der Waals surface area contributed by atoms with E-state index in [0.29, 0.717) is 6.54 Å². The Bertz CT molecular complexity index is 419. The van der Waals surface area contributed by atoms with Gasteiger partial charge in [-0.25, -0.2) is 0 Å². The van der Waals surface area contributed by atoms with Crippen LogP contribution in [-0.2, 0) is 11.3 Å². The van der Waals surface area contributed by atoms with Crippen LogP contribution in [-0.4, -0.2) is 52.0 Å². The van der Waals surface area contributed by atoms with Crippen molar-refractivity contribution in [2.75, 3.05) is 26.2 Å². The minimum atomic E-state index is -0.235. The fourth-order valence-electron chi connectivity index (χ4n) is 2.81. The van der Waals surface area contributed by atoms with Crippen LogP contribution in [0.3, 0.4) is 0 Å². The van der Waals surface area contributed by atoms with Gasteiger partial charge in [-0.15, -0.1) is 5.10 Å². The van der Waals surface area contributed by atoms with E-state index in [9.17, 15) is 4.79 Å². The Kier molecular flexibility index (Phi) is 5.11. The average Bonchev–Trinajstić information content (AvgIpc) is 2.96. The number of carbonyl (C=O) groups excluding carboxylic acids is 1. The summed E-state index contributed by atoms with van der Waals surface area (Å²) < 4.78 is 1.79. The molecule has 1 saturated heterocycles. The molecular formula is C14H25N5O. The summed E-state index contributed by atoms with van der Waals surface area (Å²) >= 11 is 0. The van der Waals surface area contributed by atoms with Crippen LogP contribution in [0.15, 0.2) is 12.4 Å². The van der Waals surface area contributed by atoms with Gasteiger partial charge < -0.3 is 10.2 Å². The first-order valence-electron chi connectivity index (χ1n) is 7.49. The smallest absolute Gasteiger partial charge is 0.227 e. The number of carbonyl (C=O) groups is 1. The van der Waals surface area contributed by atoms with Crippen molar-refractivity contribution in [1.82, 2.24) is 25.2 Å². The molecule has 0 aliphatic carbocycles. The van der Waals surface area contributed by atoms with Gasteiger partial charge in [0.05, 0.1) is 11.6 Å². The Morgan fingerprint density at radius 3 is 3.05 bits per heavy atom. The summed E-state index contributed by atoms with van der Waals surface area (Å²) in [7, 11) is 0. The highest BCUT2D eigenvalue weighted by Crippen LogP contribution is 2.29. The van der Waals surface area contributed by atoms with Crippen LogP contribution < -0.4 is 5.32 Å². The van der Waals surface area contributed by atoms with E-state index in [1.165, 1.54) is 0 Å². The van der Waals surface area contributed by atoms with Crippen molar-refractivity contribution >= 4 is 5.91 Å². The minimum absolute atomic E-state index is 0.189. The highest BCUT2D eigenvalue weighted by atomic mass is 16.2. The molecule has 1 amide bonds. The van der Waals surface area contributed by atoms with Crippen LogP contribution >= 0.6 is 0 Å². The summed E-state index contributed by atoms with van der Waals surface area (Å²) in [5.41, 5.74) is -0.235. The van der Waals surface area contributed by atoms with Gasteiger partial charge in [0.2, 0.25) is 5.91 Å². The number of rotatable bonds is 6. The molecule has 1 atom stereocenters. The number of hydrogen-bond donors (Lipinski definition) is 1. The molecule has 1 aliphatic rings. The van der Waals surface area contributed by atoms with E-state index in [1.807, 2.05) is 6.20 Å². The van der Waals surface area contributed by atoms with Crippen molar-refractivity contribution in [3.63, 3.8) is 0 Å². The van der Waals surface area contributed by atoms with Gasteiger partial charge in [0, 0.05) is 25.8 Å². The third-order valence-corrected chi connectivity index (χ3v) is 4.09. The number of amides is 1. The molecule has 0 bridgehead atoms. The Morgan fingerprint density at radius 2 is 2.35 bits per heavy atom. The first-order chi connectivity index (χ1) is 9.64. The standard InChI is InChI=1S/C14H25N5O/c1-3-18-9-4-6-14(2,12-18)13(20)15-7-5-10-19-11-8-16-17-19/h8,11H,3-7,9-10,12H2,1-2H3,(H,15,20). The van der Waals surface area contributed by atoms with Crippen molar-refractivity contribution < 1.29 is 4.79 Å². The van der Waals surface area contributed by atoms with E-state index in [-0.39, 0.29) is 11.3 Å². The molecule has 0 radical (unpaired) electrons. The predicted molar refractivity (Wildman–Crippen MR) is 77.1 cm³/mol. The zero-order chi connectivity index (χ0) is 14.4. The van der Waals surface area contributed by atoms with Crippen LogP contribution in [0.5, 0.6) is 0 Å². The molecule has 112 valence electrons. The Labute approximate surface area is 120 Å². The summed E-state index contributed by atoms with van der Waals surface area (Å²) in [4.78, 5) is 14.7. The summed E-state index contributed by atoms with van der Waals surface area (Å²) in [5, 5.41) is 10.7. The minimum Gasteiger partial charge on any atom is -0.356 e. The van der Waals surface area contributed by atoms with Gasteiger partial charge in [-0.1, -0.05) is 12.1 Å². The Balaban J connectivity index is 1.73. The molecule has 1 aromatic heterocycles. The molecular weight excluding hydrogens is 254 g/mol. The van der Waals surface area contributed by atoms with Gasteiger partial charge in [-0.2, -0.15) is 0 Å². The van der Waals surface area contributed by atoms with Gasteiger partial charge >= 0.3 is 0 Å². The fourth-order valence-corrected chi connectivity index (χ4v) is 2.81. The number of aryl methyl sites for hydroxylation is 1. The maximum absolute atomic E-state index is 12.4. The van der Waals surface area contributed by atoms with E-state index < -0.39 is 0 Å². The second kappa shape index (κ2) is 6.83. The molecule has 0 saturated carbocycles. The van der Waals surface area contributed by atoms with Crippen molar-refractivity contribution in [3.05, 3.63) is 12.4 Å². The zero-order valence-corrected chi connectivity index (χ0v) is 12.5. The molecule has 1 unspecified atom stereocenters. The van der Waals surface area contributed by atoms with E-state index in [2.05, 4.69) is 34.4 Å². The number of nitrogens with one attached hydrogen (secondary N) is 1. The maximum atomic E-state index is 12.4. The van der Waals surface area contributed by atoms with E-state index in [0.717, 1.165) is 45.4 Å². The molecule has 2 rings (SSSR count). The van der Waals surface area contributed by atoms with Gasteiger partial charge in [-0.3, -0.25) is 9.48 Å². The predicted octanol–water partition coefficient (Wildman–Crippen LogP) is 0.906. The monoisotopic (exact) mass is 279 g/mol. The summed E-state index contributed by atoms with van der Waals surface area (Å²) in [6.07, 6.45) is 6.47. The molecule has 1 aliphatic heterocycles. The van der Waals surface area contributed by atoms with Crippen molar-refractivity contribution in [1.29, 1.82) is 0 Å². The summed E-state index contributed by atoms with van der Waals surface area (Å²) in [5.74, 6) is 0.189. The second-order valence-electron chi connectivity index (χ2n) is 5.81. The first kappa shape index (κ1) is 15.0. The van der Waals surface area contributed by atoms with Crippen molar-refractivity contribution in [3.8, 4) is 0 Å². The topological polar surface area (TPSA) is 63.1 Å². The normalized spacial score (nSPS) is 23.7. The lowest BCUT2D eigenvalue weighted by Crippen LogP contribution is -2.50. The van der Waals surface area contributed by atoms with Crippen LogP contribution in [0, 0.1) is 5.41 Å². The fraction of sp³-hybridized carbons (Fsp3) is 0.786. The molecule has 2 heterocycles. The number of hydrogen-bond acceptors (Lipinski definition) is 4. The van der Waals surface area contributed by atoms with Crippen molar-refractivity contribution in [2.45, 2.75) is 39.7 Å². The highest BCUT2D eigenvalue weighted by Gasteiger charge is 2.36. The molecule has 1 aromatic rings. The Morgan fingerprint density at radius 1 is 1.50 bits per heavy atom. The second-order valence-corrected chi connectivity index (χ2v) is 5.81. The van der Waals surface area contributed by atoms with Crippen LogP contribution in [0.1, 0.15) is 33.1 Å². The van der Waals surface area contributed by atoms with Gasteiger partial charge in [0.15, 0.2) is 0 Å². The highest BCUT2D eigenvalue weighted by molar-refractivity contribution is 5.82. The first-order valence-corrected chi connectivity index (χ1v) is 7.49. The van der Waals surface area contributed by atoms with Crippen LogP contribution in [0.4, 0.5) is 0 Å². The quantitative estimate of drug-likeness (QED) is 0.786. The Hall–Kier alpha value is -1.43. The third kappa shape index (κ3) is 3.79. The largest absolute Gasteiger partial charge is 0.356 e. The van der Waals surface area contributed by atoms with Gasteiger partial charge in [0.25, 0.3) is 0 Å². The van der Waals surface area contributed by atoms with Crippen molar-refractivity contribution in [2.24, 2.45) is 5.41 Å². The summed E-state index contributed by atoms with van der Waals surface area (Å²) in [6.45, 7) is 8.74. The molecule has 1 fully saturated rings. The third-order valence-electron chi connectivity index (χ3n) is 4.09. The molecule has 6 nitrogen and oxygen atoms in total. The lowest BCUT2D eigenvalue weighted by Gasteiger charge is -2.38. The van der Waals surface area contributed by atoms with Crippen LogP contribution in [0.2, 0.25) is 0 Å². The molecule has 6 heteroatoms. The lowest BCUT2D eigenvalue weighted by molar-refractivity contribution is -0.133. The number of piperidine rings is 1. The van der Waals surface area contributed by atoms with Gasteiger partial charge in [-0.05, 0) is 39.3 Å². The SMILES string of the molecule is CCN1CCCC(C)(C(=O)NCCCn2ccnn2)C1. The maximum Gasteiger partial charge on any atom is 0.227 e. The molecule has 0 aromatic carbocycles. The zero-order valence-electron chi connectivity index (χ0n) is 12.5. The number of nitrogens with zero attached hydrogens (tertiary/aromatic N) is 4. The van der Waals surface area contributed by atoms with Crippen LogP contribution in [0.25, 0.3) is 0 Å². The molecule has 20 heavy (non-hydrogen) atoms. The molecule has 1 N–H and O–H groups in total. The van der Waals surface area contributed by atoms with E-state index in [1.54, 1.807) is 10.9 Å². The van der Waals surface area contributed by atoms with E-state index in [4.69, 9.17) is 0 Å². The average molecular weight is 279 g/mol.